The van der Waals surface area contributed by atoms with E-state index >= 15 is 0 Å². The lowest BCUT2D eigenvalue weighted by Gasteiger charge is -2.10. The Morgan fingerprint density at radius 2 is 1.67 bits per heavy atom. The molecule has 8 nitrogen and oxygen atoms in total. The molecule has 0 spiro atoms. The molecule has 30 heavy (non-hydrogen) atoms. The normalized spacial score (nSPS) is 10.6. The lowest BCUT2D eigenvalue weighted by molar-refractivity contribution is -0.118. The Morgan fingerprint density at radius 3 is 2.40 bits per heavy atom. The van der Waals surface area contributed by atoms with Gasteiger partial charge in [0.15, 0.2) is 6.61 Å². The van der Waals surface area contributed by atoms with Crippen LogP contribution in [0.1, 0.15) is 0 Å². The molecular weight excluding hydrogens is 404 g/mol. The van der Waals surface area contributed by atoms with Gasteiger partial charge in [0.1, 0.15) is 10.8 Å². The van der Waals surface area contributed by atoms with Crippen molar-refractivity contribution in [2.75, 3.05) is 26.1 Å². The van der Waals surface area contributed by atoms with E-state index in [4.69, 9.17) is 14.2 Å². The number of fused-ring (bicyclic) bond motifs is 1. The molecule has 2 heterocycles. The summed E-state index contributed by atoms with van der Waals surface area (Å²) < 4.78 is 17.0. The minimum atomic E-state index is -0.413. The van der Waals surface area contributed by atoms with E-state index in [1.807, 2.05) is 42.5 Å². The molecule has 0 bridgehead atoms. The predicted molar refractivity (Wildman–Crippen MR) is 114 cm³/mol. The summed E-state index contributed by atoms with van der Waals surface area (Å²) in [5, 5.41) is 3.41. The fourth-order valence-corrected chi connectivity index (χ4v) is 3.73. The molecule has 0 aliphatic carbocycles. The van der Waals surface area contributed by atoms with Crippen molar-refractivity contribution < 1.29 is 19.0 Å². The van der Waals surface area contributed by atoms with E-state index in [0.29, 0.717) is 5.75 Å². The molecule has 0 aliphatic rings. The van der Waals surface area contributed by atoms with Crippen molar-refractivity contribution in [1.29, 1.82) is 0 Å². The molecule has 1 N–H and O–H groups in total. The maximum absolute atomic E-state index is 12.4. The van der Waals surface area contributed by atoms with E-state index in [2.05, 4.69) is 20.3 Å². The molecule has 4 aromatic rings. The van der Waals surface area contributed by atoms with Crippen molar-refractivity contribution in [3.05, 3.63) is 54.6 Å². The summed E-state index contributed by atoms with van der Waals surface area (Å²) in [4.78, 5) is 25.2. The fourth-order valence-electron chi connectivity index (χ4n) is 2.73. The molecule has 152 valence electrons. The highest BCUT2D eigenvalue weighted by atomic mass is 32.1. The van der Waals surface area contributed by atoms with Gasteiger partial charge < -0.3 is 14.2 Å². The first-order chi connectivity index (χ1) is 14.7. The first-order valence-electron chi connectivity index (χ1n) is 9.01. The van der Waals surface area contributed by atoms with Crippen molar-refractivity contribution in [3.8, 4) is 28.1 Å². The van der Waals surface area contributed by atoms with Gasteiger partial charge in [0.2, 0.25) is 17.7 Å². The van der Waals surface area contributed by atoms with Crippen LogP contribution in [0.25, 0.3) is 20.8 Å². The second-order valence-electron chi connectivity index (χ2n) is 6.10. The first kappa shape index (κ1) is 19.6. The number of carbonyl (C=O) groups is 1. The predicted octanol–water partition coefficient (Wildman–Crippen LogP) is 3.79. The Hall–Kier alpha value is -3.72. The van der Waals surface area contributed by atoms with Crippen LogP contribution in [0.15, 0.2) is 54.6 Å². The first-order valence-corrected chi connectivity index (χ1v) is 9.82. The molecule has 0 radical (unpaired) electrons. The van der Waals surface area contributed by atoms with E-state index in [0.717, 1.165) is 20.8 Å². The lowest BCUT2D eigenvalue weighted by atomic mass is 10.2. The fraction of sp³-hybridized carbons (Fsp3) is 0.143. The third-order valence-electron chi connectivity index (χ3n) is 4.12. The number of nitrogens with zero attached hydrogens (tertiary/aromatic N) is 3. The van der Waals surface area contributed by atoms with Crippen molar-refractivity contribution in [2.24, 2.45) is 0 Å². The zero-order chi connectivity index (χ0) is 20.9. The van der Waals surface area contributed by atoms with Crippen LogP contribution < -0.4 is 19.5 Å². The summed E-state index contributed by atoms with van der Waals surface area (Å²) in [6, 6.07) is 16.9. The summed E-state index contributed by atoms with van der Waals surface area (Å²) in [6.07, 6.45) is 0. The number of thiazole rings is 1. The van der Waals surface area contributed by atoms with Crippen LogP contribution in [0.2, 0.25) is 0 Å². The molecule has 2 aromatic heterocycles. The van der Waals surface area contributed by atoms with Crippen molar-refractivity contribution in [2.45, 2.75) is 0 Å². The van der Waals surface area contributed by atoms with Gasteiger partial charge in [-0.15, -0.1) is 11.3 Å². The molecule has 1 amide bonds. The zero-order valence-electron chi connectivity index (χ0n) is 16.3. The molecule has 0 aliphatic heterocycles. The van der Waals surface area contributed by atoms with Gasteiger partial charge >= 0.3 is 0 Å². The molecule has 0 unspecified atom stereocenters. The van der Waals surface area contributed by atoms with E-state index < -0.39 is 5.91 Å². The molecule has 0 atom stereocenters. The van der Waals surface area contributed by atoms with Crippen LogP contribution >= 0.6 is 11.3 Å². The SMILES string of the molecule is COc1cc(OC)nc(NC(=O)COc2ccccc2-c2nc3ccccc3s2)n1. The van der Waals surface area contributed by atoms with Gasteiger partial charge in [0.25, 0.3) is 5.91 Å². The Morgan fingerprint density at radius 1 is 0.967 bits per heavy atom. The topological polar surface area (TPSA) is 95.5 Å². The van der Waals surface area contributed by atoms with Crippen molar-refractivity contribution in [3.63, 3.8) is 0 Å². The second kappa shape index (κ2) is 8.75. The maximum Gasteiger partial charge on any atom is 0.264 e. The van der Waals surface area contributed by atoms with E-state index in [1.165, 1.54) is 20.3 Å². The number of amides is 1. The summed E-state index contributed by atoms with van der Waals surface area (Å²) in [5.41, 5.74) is 1.75. The number of anilines is 1. The summed E-state index contributed by atoms with van der Waals surface area (Å²) in [7, 11) is 2.94. The van der Waals surface area contributed by atoms with E-state index in [9.17, 15) is 4.79 Å². The minimum Gasteiger partial charge on any atom is -0.483 e. The zero-order valence-corrected chi connectivity index (χ0v) is 17.1. The standard InChI is InChI=1S/C21H18N4O4S/c1-27-18-11-19(28-2)25-21(24-18)23-17(26)12-29-15-9-5-3-7-13(15)20-22-14-8-4-6-10-16(14)30-20/h3-11H,12H2,1-2H3,(H,23,24,25,26). The Labute approximate surface area is 176 Å². The third kappa shape index (κ3) is 4.31. The van der Waals surface area contributed by atoms with Gasteiger partial charge in [-0.3, -0.25) is 10.1 Å². The minimum absolute atomic E-state index is 0.0688. The molecule has 9 heteroatoms. The Kier molecular flexibility index (Phi) is 5.71. The number of benzene rings is 2. The molecular formula is C21H18N4O4S. The van der Waals surface area contributed by atoms with Gasteiger partial charge in [0, 0.05) is 0 Å². The van der Waals surface area contributed by atoms with Gasteiger partial charge in [-0.1, -0.05) is 24.3 Å². The van der Waals surface area contributed by atoms with Crippen molar-refractivity contribution in [1.82, 2.24) is 15.0 Å². The van der Waals surface area contributed by atoms with Crippen LogP contribution in [0.3, 0.4) is 0 Å². The summed E-state index contributed by atoms with van der Waals surface area (Å²) in [6.45, 7) is -0.217. The smallest absolute Gasteiger partial charge is 0.264 e. The number of hydrogen-bond acceptors (Lipinski definition) is 8. The molecule has 4 rings (SSSR count). The number of aromatic nitrogens is 3. The van der Waals surface area contributed by atoms with Crippen LogP contribution in [0, 0.1) is 0 Å². The number of rotatable bonds is 7. The average Bonchev–Trinajstić information content (AvgIpc) is 3.21. The Balaban J connectivity index is 1.49. The van der Waals surface area contributed by atoms with Gasteiger partial charge in [-0.25, -0.2) is 4.98 Å². The van der Waals surface area contributed by atoms with Crippen LogP contribution in [0.4, 0.5) is 5.95 Å². The van der Waals surface area contributed by atoms with E-state index in [1.54, 1.807) is 17.4 Å². The molecule has 0 saturated heterocycles. The van der Waals surface area contributed by atoms with Crippen molar-refractivity contribution >= 4 is 33.4 Å². The highest BCUT2D eigenvalue weighted by Gasteiger charge is 2.14. The third-order valence-corrected chi connectivity index (χ3v) is 5.19. The molecule has 2 aromatic carbocycles. The van der Waals surface area contributed by atoms with Crippen LogP contribution in [0.5, 0.6) is 17.5 Å². The number of carbonyl (C=O) groups excluding carboxylic acids is 1. The van der Waals surface area contributed by atoms with Crippen LogP contribution in [-0.2, 0) is 4.79 Å². The van der Waals surface area contributed by atoms with E-state index in [-0.39, 0.29) is 24.3 Å². The molecule has 0 fully saturated rings. The van der Waals surface area contributed by atoms with Gasteiger partial charge in [-0.2, -0.15) is 9.97 Å². The average molecular weight is 422 g/mol. The highest BCUT2D eigenvalue weighted by Crippen LogP contribution is 2.35. The lowest BCUT2D eigenvalue weighted by Crippen LogP contribution is -2.21. The highest BCUT2D eigenvalue weighted by molar-refractivity contribution is 7.21. The van der Waals surface area contributed by atoms with Crippen LogP contribution in [-0.4, -0.2) is 41.7 Å². The van der Waals surface area contributed by atoms with Gasteiger partial charge in [0.05, 0.1) is 36.1 Å². The Bertz CT molecular complexity index is 1140. The number of para-hydroxylation sites is 2. The number of nitrogens with one attached hydrogen (secondary N) is 1. The number of ether oxygens (including phenoxy) is 3. The summed E-state index contributed by atoms with van der Waals surface area (Å²) in [5.74, 6) is 0.776. The molecule has 0 saturated carbocycles. The summed E-state index contributed by atoms with van der Waals surface area (Å²) >= 11 is 1.57. The van der Waals surface area contributed by atoms with Gasteiger partial charge in [-0.05, 0) is 24.3 Å². The quantitative estimate of drug-likeness (QED) is 0.484. The maximum atomic E-state index is 12.4. The largest absolute Gasteiger partial charge is 0.483 e. The number of methoxy groups -OCH3 is 2. The number of hydrogen-bond donors (Lipinski definition) is 1. The monoisotopic (exact) mass is 422 g/mol. The second-order valence-corrected chi connectivity index (χ2v) is 7.13.